The van der Waals surface area contributed by atoms with Crippen LogP contribution >= 0.6 is 34.8 Å². The highest BCUT2D eigenvalue weighted by Crippen LogP contribution is 2.46. The highest BCUT2D eigenvalue weighted by atomic mass is 35.5. The van der Waals surface area contributed by atoms with Gasteiger partial charge in [-0.15, -0.1) is 0 Å². The number of fused-ring (bicyclic) bond motifs is 1. The first kappa shape index (κ1) is 29.4. The molecule has 2 N–H and O–H groups in total. The summed E-state index contributed by atoms with van der Waals surface area (Å²) in [4.78, 5) is 29.1. The van der Waals surface area contributed by atoms with Crippen LogP contribution in [0.2, 0.25) is 15.1 Å². The van der Waals surface area contributed by atoms with Gasteiger partial charge in [0.15, 0.2) is 0 Å². The van der Waals surface area contributed by atoms with Gasteiger partial charge in [-0.1, -0.05) is 67.7 Å². The number of aliphatic carboxylic acids is 1. The number of carboxylic acid groups (broad SMARTS) is 1. The standard InChI is InChI=1S/C31H29Cl3FN3O3/c1-31(2,3)28(29(39)40)37-11-5-6-17(16-37)18-12-21(20-10-9-19(35)14-25(20)34)22-15-36-30(41)38(26(22)13-18)27-23(32)7-4-8-24(27)33/h4,6-10,12-14,28H,5,11,15-16H2,1-3H3,(H,36,41)(H,39,40). The molecule has 0 aromatic heterocycles. The number of carbonyl (C=O) groups excluding carboxylic acids is 1. The summed E-state index contributed by atoms with van der Waals surface area (Å²) in [6.07, 6.45) is 2.74. The van der Waals surface area contributed by atoms with E-state index in [4.69, 9.17) is 34.8 Å². The van der Waals surface area contributed by atoms with Crippen LogP contribution in [-0.4, -0.2) is 41.1 Å². The number of benzene rings is 3. The highest BCUT2D eigenvalue weighted by molar-refractivity contribution is 6.40. The van der Waals surface area contributed by atoms with Gasteiger partial charge in [-0.05, 0) is 71.0 Å². The normalized spacial score (nSPS) is 16.6. The van der Waals surface area contributed by atoms with E-state index in [0.29, 0.717) is 52.1 Å². The molecule has 3 aromatic carbocycles. The number of nitrogens with zero attached hydrogens (tertiary/aromatic N) is 2. The van der Waals surface area contributed by atoms with Gasteiger partial charge < -0.3 is 10.4 Å². The quantitative estimate of drug-likeness (QED) is 0.302. The summed E-state index contributed by atoms with van der Waals surface area (Å²) in [6.45, 7) is 6.95. The van der Waals surface area contributed by atoms with Crippen LogP contribution in [-0.2, 0) is 11.3 Å². The Hall–Kier alpha value is -3.10. The number of hydrogen-bond donors (Lipinski definition) is 2. The molecule has 2 heterocycles. The Balaban J connectivity index is 1.71. The zero-order valence-corrected chi connectivity index (χ0v) is 25.0. The number of carbonyl (C=O) groups is 2. The van der Waals surface area contributed by atoms with E-state index in [9.17, 15) is 19.1 Å². The molecule has 0 radical (unpaired) electrons. The van der Waals surface area contributed by atoms with Gasteiger partial charge in [-0.2, -0.15) is 0 Å². The zero-order valence-electron chi connectivity index (χ0n) is 22.8. The van der Waals surface area contributed by atoms with E-state index in [1.165, 1.54) is 17.0 Å². The van der Waals surface area contributed by atoms with Crippen molar-refractivity contribution in [3.8, 4) is 11.1 Å². The Morgan fingerprint density at radius 2 is 1.73 bits per heavy atom. The minimum atomic E-state index is -0.876. The van der Waals surface area contributed by atoms with E-state index in [-0.39, 0.29) is 11.6 Å². The second-order valence-corrected chi connectivity index (χ2v) is 12.5. The van der Waals surface area contributed by atoms with Crippen molar-refractivity contribution in [3.05, 3.63) is 86.6 Å². The van der Waals surface area contributed by atoms with Crippen LogP contribution in [0.3, 0.4) is 0 Å². The summed E-state index contributed by atoms with van der Waals surface area (Å²) in [7, 11) is 0. The van der Waals surface area contributed by atoms with Crippen LogP contribution in [0.5, 0.6) is 0 Å². The topological polar surface area (TPSA) is 72.9 Å². The van der Waals surface area contributed by atoms with Crippen molar-refractivity contribution in [2.24, 2.45) is 5.41 Å². The molecule has 214 valence electrons. The van der Waals surface area contributed by atoms with E-state index >= 15 is 0 Å². The molecule has 41 heavy (non-hydrogen) atoms. The van der Waals surface area contributed by atoms with E-state index in [1.807, 2.05) is 37.8 Å². The maximum absolute atomic E-state index is 14.0. The number of hydrogen-bond acceptors (Lipinski definition) is 3. The third-order valence-corrected chi connectivity index (χ3v) is 8.36. The van der Waals surface area contributed by atoms with Gasteiger partial charge in [-0.3, -0.25) is 14.6 Å². The number of rotatable bonds is 5. The lowest BCUT2D eigenvalue weighted by Crippen LogP contribution is -2.51. The molecule has 3 aromatic rings. The third kappa shape index (κ3) is 5.69. The van der Waals surface area contributed by atoms with Crippen LogP contribution < -0.4 is 10.2 Å². The van der Waals surface area contributed by atoms with Gasteiger partial charge in [-0.25, -0.2) is 9.18 Å². The fraction of sp³-hybridized carbons (Fsp3) is 0.290. The Morgan fingerprint density at radius 3 is 2.37 bits per heavy atom. The minimum Gasteiger partial charge on any atom is -0.480 e. The highest BCUT2D eigenvalue weighted by Gasteiger charge is 2.38. The van der Waals surface area contributed by atoms with Crippen molar-refractivity contribution in [1.29, 1.82) is 0 Å². The number of carboxylic acids is 1. The summed E-state index contributed by atoms with van der Waals surface area (Å²) in [5, 5.41) is 13.8. The monoisotopic (exact) mass is 615 g/mol. The molecule has 0 saturated heterocycles. The van der Waals surface area contributed by atoms with E-state index in [0.717, 1.165) is 16.7 Å². The number of halogens is 4. The molecule has 0 bridgehead atoms. The van der Waals surface area contributed by atoms with Crippen molar-refractivity contribution in [1.82, 2.24) is 10.2 Å². The fourth-order valence-corrected chi connectivity index (χ4v) is 6.56. The molecule has 10 heteroatoms. The smallest absolute Gasteiger partial charge is 0.326 e. The molecule has 2 aliphatic heterocycles. The summed E-state index contributed by atoms with van der Waals surface area (Å²) in [6, 6.07) is 12.0. The number of amides is 2. The molecule has 2 aliphatic rings. The molecular weight excluding hydrogens is 588 g/mol. The first-order valence-electron chi connectivity index (χ1n) is 13.2. The van der Waals surface area contributed by atoms with Crippen LogP contribution in [0.25, 0.3) is 16.7 Å². The Kier molecular flexibility index (Phi) is 8.09. The first-order valence-corrected chi connectivity index (χ1v) is 14.3. The molecular formula is C31H29Cl3FN3O3. The van der Waals surface area contributed by atoms with Gasteiger partial charge in [0.05, 0.1) is 26.4 Å². The molecule has 0 fully saturated rings. The van der Waals surface area contributed by atoms with Crippen molar-refractivity contribution in [2.75, 3.05) is 18.0 Å². The molecule has 2 amide bonds. The van der Waals surface area contributed by atoms with Crippen LogP contribution in [0.4, 0.5) is 20.6 Å². The summed E-state index contributed by atoms with van der Waals surface area (Å²) < 4.78 is 14.0. The Labute approximate surface area is 253 Å². The summed E-state index contributed by atoms with van der Waals surface area (Å²) in [5.41, 5.74) is 4.14. The maximum atomic E-state index is 14.0. The van der Waals surface area contributed by atoms with Gasteiger partial charge in [0.1, 0.15) is 11.9 Å². The predicted octanol–water partition coefficient (Wildman–Crippen LogP) is 8.40. The van der Waals surface area contributed by atoms with Gasteiger partial charge in [0.25, 0.3) is 0 Å². The number of para-hydroxylation sites is 1. The van der Waals surface area contributed by atoms with Gasteiger partial charge >= 0.3 is 12.0 Å². The number of nitrogens with one attached hydrogen (secondary N) is 1. The molecule has 6 nitrogen and oxygen atoms in total. The Morgan fingerprint density at radius 1 is 1.02 bits per heavy atom. The number of urea groups is 1. The fourth-order valence-electron chi connectivity index (χ4n) is 5.72. The largest absolute Gasteiger partial charge is 0.480 e. The summed E-state index contributed by atoms with van der Waals surface area (Å²) in [5.74, 6) is -1.34. The average Bonchev–Trinajstić information content (AvgIpc) is 2.88. The molecule has 0 saturated carbocycles. The average molecular weight is 617 g/mol. The Bertz CT molecular complexity index is 1560. The van der Waals surface area contributed by atoms with E-state index < -0.39 is 29.3 Å². The van der Waals surface area contributed by atoms with E-state index in [1.54, 1.807) is 24.3 Å². The lowest BCUT2D eigenvalue weighted by molar-refractivity contribution is -0.147. The van der Waals surface area contributed by atoms with Gasteiger partial charge in [0, 0.05) is 30.8 Å². The van der Waals surface area contributed by atoms with E-state index in [2.05, 4.69) is 11.4 Å². The zero-order chi connectivity index (χ0) is 29.6. The minimum absolute atomic E-state index is 0.201. The molecule has 0 spiro atoms. The SMILES string of the molecule is CC(C)(C)C(C(=O)O)N1CCC=C(c2cc(-c3ccc(F)cc3Cl)c3c(c2)N(c2c(Cl)cccc2Cl)C(=O)NC3)C1. The molecule has 1 atom stereocenters. The lowest BCUT2D eigenvalue weighted by Gasteiger charge is -2.39. The maximum Gasteiger partial charge on any atom is 0.326 e. The molecule has 1 unspecified atom stereocenters. The molecule has 0 aliphatic carbocycles. The second-order valence-electron chi connectivity index (χ2n) is 11.3. The first-order chi connectivity index (χ1) is 19.4. The van der Waals surface area contributed by atoms with Crippen molar-refractivity contribution in [2.45, 2.75) is 39.8 Å². The van der Waals surface area contributed by atoms with Crippen molar-refractivity contribution in [3.63, 3.8) is 0 Å². The van der Waals surface area contributed by atoms with Crippen molar-refractivity contribution < 1.29 is 19.1 Å². The van der Waals surface area contributed by atoms with Gasteiger partial charge in [0.2, 0.25) is 0 Å². The summed E-state index contributed by atoms with van der Waals surface area (Å²) >= 11 is 19.7. The third-order valence-electron chi connectivity index (χ3n) is 7.44. The van der Waals surface area contributed by atoms with Crippen LogP contribution in [0.15, 0.2) is 54.6 Å². The number of anilines is 2. The second kappa shape index (κ2) is 11.3. The molecule has 5 rings (SSSR count). The van der Waals surface area contributed by atoms with Crippen molar-refractivity contribution >= 4 is 63.8 Å². The van der Waals surface area contributed by atoms with Crippen LogP contribution in [0.1, 0.15) is 38.3 Å². The predicted molar refractivity (Wildman–Crippen MR) is 163 cm³/mol. The van der Waals surface area contributed by atoms with Crippen LogP contribution in [0, 0.1) is 11.2 Å². The lowest BCUT2D eigenvalue weighted by atomic mass is 9.84.